The molecule has 0 bridgehead atoms. The van der Waals surface area contributed by atoms with Crippen molar-refractivity contribution in [3.63, 3.8) is 0 Å². The Morgan fingerprint density at radius 2 is 2.16 bits per heavy atom. The third kappa shape index (κ3) is 6.17. The predicted molar refractivity (Wildman–Crippen MR) is 77.7 cm³/mol. The monoisotopic (exact) mass is 304 g/mol. The third-order valence-corrected chi connectivity index (χ3v) is 4.72. The van der Waals surface area contributed by atoms with Crippen molar-refractivity contribution in [1.82, 2.24) is 9.62 Å². The van der Waals surface area contributed by atoms with Gasteiger partial charge in [0.2, 0.25) is 15.9 Å². The molecule has 0 spiro atoms. The first-order valence-corrected chi connectivity index (χ1v) is 8.90. The molecule has 0 radical (unpaired) electrons. The van der Waals surface area contributed by atoms with E-state index >= 15 is 0 Å². The zero-order valence-corrected chi connectivity index (χ0v) is 12.9. The molecule has 0 saturated heterocycles. The zero-order chi connectivity index (χ0) is 14.3. The Balaban J connectivity index is 2.34. The molecule has 108 valence electrons. The number of thiophene rings is 1. The fourth-order valence-corrected chi connectivity index (χ4v) is 3.29. The van der Waals surface area contributed by atoms with E-state index in [-0.39, 0.29) is 5.91 Å². The summed E-state index contributed by atoms with van der Waals surface area (Å²) in [5.41, 5.74) is 0. The predicted octanol–water partition coefficient (Wildman–Crippen LogP) is 1.08. The van der Waals surface area contributed by atoms with Gasteiger partial charge in [-0.1, -0.05) is 13.0 Å². The number of carbonyl (C=O) groups excluding carboxylic acids is 1. The minimum Gasteiger partial charge on any atom is -0.354 e. The molecule has 1 N–H and O–H groups in total. The summed E-state index contributed by atoms with van der Waals surface area (Å²) in [5.74, 6) is -0.0765. The summed E-state index contributed by atoms with van der Waals surface area (Å²) in [6, 6.07) is 3.81. The van der Waals surface area contributed by atoms with Gasteiger partial charge in [-0.05, 0) is 17.9 Å². The molecule has 1 amide bonds. The van der Waals surface area contributed by atoms with Crippen LogP contribution in [0.1, 0.15) is 18.2 Å². The van der Waals surface area contributed by atoms with E-state index in [1.54, 1.807) is 0 Å². The lowest BCUT2D eigenvalue weighted by molar-refractivity contribution is -0.120. The van der Waals surface area contributed by atoms with Crippen molar-refractivity contribution in [2.45, 2.75) is 19.8 Å². The van der Waals surface area contributed by atoms with Crippen LogP contribution < -0.4 is 5.32 Å². The quantitative estimate of drug-likeness (QED) is 0.781. The van der Waals surface area contributed by atoms with Crippen LogP contribution in [0.25, 0.3) is 0 Å². The van der Waals surface area contributed by atoms with E-state index in [4.69, 9.17) is 0 Å². The van der Waals surface area contributed by atoms with Crippen molar-refractivity contribution < 1.29 is 13.2 Å². The minimum atomic E-state index is -3.19. The van der Waals surface area contributed by atoms with Gasteiger partial charge in [0, 0.05) is 24.5 Å². The number of hydrogen-bond donors (Lipinski definition) is 1. The van der Waals surface area contributed by atoms with Crippen molar-refractivity contribution in [3.05, 3.63) is 22.4 Å². The van der Waals surface area contributed by atoms with Gasteiger partial charge in [-0.3, -0.25) is 4.79 Å². The summed E-state index contributed by atoms with van der Waals surface area (Å²) in [6.07, 6.45) is 2.30. The van der Waals surface area contributed by atoms with Crippen LogP contribution in [-0.2, 0) is 21.2 Å². The molecule has 5 nitrogen and oxygen atoms in total. The highest BCUT2D eigenvalue weighted by Gasteiger charge is 2.15. The molecule has 0 aromatic carbocycles. The number of amides is 1. The van der Waals surface area contributed by atoms with Crippen molar-refractivity contribution in [2.75, 3.05) is 25.9 Å². The second kappa shape index (κ2) is 7.62. The van der Waals surface area contributed by atoms with Crippen molar-refractivity contribution in [2.24, 2.45) is 0 Å². The van der Waals surface area contributed by atoms with Crippen molar-refractivity contribution >= 4 is 27.3 Å². The van der Waals surface area contributed by atoms with Crippen LogP contribution in [0, 0.1) is 0 Å². The Kier molecular flexibility index (Phi) is 6.47. The normalized spacial score (nSPS) is 11.7. The smallest absolute Gasteiger partial charge is 0.225 e. The van der Waals surface area contributed by atoms with E-state index in [1.165, 1.54) is 21.9 Å². The van der Waals surface area contributed by atoms with E-state index in [0.717, 1.165) is 11.3 Å². The van der Waals surface area contributed by atoms with Crippen LogP contribution >= 0.6 is 11.3 Å². The minimum absolute atomic E-state index is 0.0765. The Hall–Kier alpha value is -0.920. The molecule has 1 heterocycles. The summed E-state index contributed by atoms with van der Waals surface area (Å²) in [5, 5.41) is 4.67. The van der Waals surface area contributed by atoms with Crippen LogP contribution in [0.3, 0.4) is 0 Å². The average molecular weight is 304 g/mol. The molecule has 1 rings (SSSR count). The Bertz CT molecular complexity index is 483. The fourth-order valence-electron chi connectivity index (χ4n) is 1.65. The SMILES string of the molecule is CCCN(CCNC(=O)Cc1cccs1)S(C)(=O)=O. The van der Waals surface area contributed by atoms with E-state index in [1.807, 2.05) is 24.4 Å². The molecule has 0 aliphatic heterocycles. The van der Waals surface area contributed by atoms with Gasteiger partial charge in [0.1, 0.15) is 0 Å². The van der Waals surface area contributed by atoms with E-state index in [9.17, 15) is 13.2 Å². The first kappa shape index (κ1) is 16.1. The summed E-state index contributed by atoms with van der Waals surface area (Å²) < 4.78 is 24.3. The molecule has 1 aromatic rings. The van der Waals surface area contributed by atoms with Crippen molar-refractivity contribution in [1.29, 1.82) is 0 Å². The maximum Gasteiger partial charge on any atom is 0.225 e. The molecule has 7 heteroatoms. The molecule has 0 aliphatic carbocycles. The fraction of sp³-hybridized carbons (Fsp3) is 0.583. The summed E-state index contributed by atoms with van der Waals surface area (Å²) >= 11 is 1.54. The van der Waals surface area contributed by atoms with Gasteiger partial charge in [0.05, 0.1) is 12.7 Å². The lowest BCUT2D eigenvalue weighted by Gasteiger charge is -2.19. The summed E-state index contributed by atoms with van der Waals surface area (Å²) in [7, 11) is -3.19. The van der Waals surface area contributed by atoms with Crippen LogP contribution in [-0.4, -0.2) is 44.5 Å². The van der Waals surface area contributed by atoms with E-state index < -0.39 is 10.0 Å². The first-order valence-electron chi connectivity index (χ1n) is 6.17. The van der Waals surface area contributed by atoms with Gasteiger partial charge in [0.15, 0.2) is 0 Å². The van der Waals surface area contributed by atoms with Gasteiger partial charge in [0.25, 0.3) is 0 Å². The molecule has 0 fully saturated rings. The highest BCUT2D eigenvalue weighted by Crippen LogP contribution is 2.08. The first-order chi connectivity index (χ1) is 8.93. The van der Waals surface area contributed by atoms with Gasteiger partial charge < -0.3 is 5.32 Å². The molecule has 0 atom stereocenters. The largest absolute Gasteiger partial charge is 0.354 e. The van der Waals surface area contributed by atoms with Crippen LogP contribution in [0.15, 0.2) is 17.5 Å². The molecule has 0 saturated carbocycles. The maximum atomic E-state index is 11.6. The van der Waals surface area contributed by atoms with Gasteiger partial charge in [-0.15, -0.1) is 11.3 Å². The lowest BCUT2D eigenvalue weighted by Crippen LogP contribution is -2.38. The Labute approximate surface area is 118 Å². The number of rotatable bonds is 8. The molecule has 19 heavy (non-hydrogen) atoms. The van der Waals surface area contributed by atoms with Crippen LogP contribution in [0.5, 0.6) is 0 Å². The topological polar surface area (TPSA) is 66.5 Å². The molecule has 0 aliphatic rings. The molecule has 1 aromatic heterocycles. The number of hydrogen-bond acceptors (Lipinski definition) is 4. The standard InChI is InChI=1S/C12H20N2O3S2/c1-3-7-14(19(2,16)17)8-6-13-12(15)10-11-5-4-9-18-11/h4-5,9H,3,6-8,10H2,1-2H3,(H,13,15). The van der Waals surface area contributed by atoms with Gasteiger partial charge in [-0.25, -0.2) is 12.7 Å². The zero-order valence-electron chi connectivity index (χ0n) is 11.3. The highest BCUT2D eigenvalue weighted by atomic mass is 32.2. The molecule has 0 unspecified atom stereocenters. The Morgan fingerprint density at radius 3 is 2.68 bits per heavy atom. The highest BCUT2D eigenvalue weighted by molar-refractivity contribution is 7.88. The second-order valence-corrected chi connectivity index (χ2v) is 7.28. The van der Waals surface area contributed by atoms with Crippen LogP contribution in [0.2, 0.25) is 0 Å². The molecular weight excluding hydrogens is 284 g/mol. The van der Waals surface area contributed by atoms with E-state index in [0.29, 0.717) is 26.1 Å². The van der Waals surface area contributed by atoms with Crippen molar-refractivity contribution in [3.8, 4) is 0 Å². The summed E-state index contributed by atoms with van der Waals surface area (Å²) in [6.45, 7) is 3.08. The number of carbonyl (C=O) groups is 1. The summed E-state index contributed by atoms with van der Waals surface area (Å²) in [4.78, 5) is 12.6. The number of sulfonamides is 1. The van der Waals surface area contributed by atoms with Gasteiger partial charge >= 0.3 is 0 Å². The van der Waals surface area contributed by atoms with E-state index in [2.05, 4.69) is 5.32 Å². The number of nitrogens with zero attached hydrogens (tertiary/aromatic N) is 1. The maximum absolute atomic E-state index is 11.6. The lowest BCUT2D eigenvalue weighted by atomic mass is 10.3. The Morgan fingerprint density at radius 1 is 1.42 bits per heavy atom. The second-order valence-electron chi connectivity index (χ2n) is 4.27. The van der Waals surface area contributed by atoms with Gasteiger partial charge in [-0.2, -0.15) is 0 Å². The van der Waals surface area contributed by atoms with Crippen LogP contribution in [0.4, 0.5) is 0 Å². The molecular formula is C12H20N2O3S2. The third-order valence-electron chi connectivity index (χ3n) is 2.54. The number of nitrogens with one attached hydrogen (secondary N) is 1. The average Bonchev–Trinajstić information content (AvgIpc) is 2.79.